The van der Waals surface area contributed by atoms with Crippen molar-refractivity contribution in [2.45, 2.75) is 13.0 Å². The number of hydrogen-bond acceptors (Lipinski definition) is 4. The Labute approximate surface area is 124 Å². The maximum atomic E-state index is 12.0. The monoisotopic (exact) mass is 319 g/mol. The first kappa shape index (κ1) is 15.4. The van der Waals surface area contributed by atoms with Crippen molar-refractivity contribution >= 4 is 21.6 Å². The highest BCUT2D eigenvalue weighted by Gasteiger charge is 2.27. The summed E-state index contributed by atoms with van der Waals surface area (Å²) in [4.78, 5) is 0. The number of rotatable bonds is 6. The molecule has 112 valence electrons. The Balaban J connectivity index is 2.04. The first-order valence-electron chi connectivity index (χ1n) is 6.49. The van der Waals surface area contributed by atoms with Gasteiger partial charge in [-0.2, -0.15) is 4.31 Å². The van der Waals surface area contributed by atoms with Crippen LogP contribution in [0.25, 0.3) is 0 Å². The van der Waals surface area contributed by atoms with Gasteiger partial charge in [-0.3, -0.25) is 0 Å². The molecule has 7 heteroatoms. The van der Waals surface area contributed by atoms with E-state index in [1.807, 2.05) is 24.3 Å². The average molecular weight is 320 g/mol. The van der Waals surface area contributed by atoms with Gasteiger partial charge in [-0.1, -0.05) is 19.1 Å². The summed E-state index contributed by atoms with van der Waals surface area (Å²) < 4.78 is 36.8. The highest BCUT2D eigenvalue weighted by atomic mass is 35.5. The fraction of sp³-hybridized carbons (Fsp3) is 0.538. The molecule has 0 saturated heterocycles. The van der Waals surface area contributed by atoms with Gasteiger partial charge in [0, 0.05) is 12.4 Å². The van der Waals surface area contributed by atoms with Crippen LogP contribution in [0.2, 0.25) is 0 Å². The molecule has 0 N–H and O–H groups in total. The number of sulfonamides is 1. The number of para-hydroxylation sites is 2. The number of fused-ring (bicyclic) bond motifs is 1. The molecule has 1 atom stereocenters. The minimum absolute atomic E-state index is 0.0629. The van der Waals surface area contributed by atoms with E-state index in [0.29, 0.717) is 24.7 Å². The second-order valence-electron chi connectivity index (χ2n) is 4.45. The van der Waals surface area contributed by atoms with Crippen LogP contribution in [0.4, 0.5) is 0 Å². The van der Waals surface area contributed by atoms with Crippen molar-refractivity contribution in [1.29, 1.82) is 0 Å². The van der Waals surface area contributed by atoms with E-state index in [2.05, 4.69) is 0 Å². The van der Waals surface area contributed by atoms with E-state index in [-0.39, 0.29) is 24.3 Å². The van der Waals surface area contributed by atoms with Crippen LogP contribution in [-0.2, 0) is 10.0 Å². The number of likely N-dealkylation sites (N-methyl/N-ethyl adjacent to an activating group) is 1. The van der Waals surface area contributed by atoms with Crippen molar-refractivity contribution in [2.75, 3.05) is 31.3 Å². The summed E-state index contributed by atoms with van der Waals surface area (Å²) in [7, 11) is -3.33. The average Bonchev–Trinajstić information content (AvgIpc) is 2.44. The molecule has 0 saturated carbocycles. The third-order valence-electron chi connectivity index (χ3n) is 3.06. The predicted octanol–water partition coefficient (Wildman–Crippen LogP) is 1.72. The third-order valence-corrected chi connectivity index (χ3v) is 5.38. The zero-order valence-corrected chi connectivity index (χ0v) is 12.9. The second kappa shape index (κ2) is 6.65. The molecule has 1 aliphatic rings. The molecule has 1 heterocycles. The summed E-state index contributed by atoms with van der Waals surface area (Å²) in [6.07, 6.45) is -0.310. The topological polar surface area (TPSA) is 55.8 Å². The molecular formula is C13H18ClNO4S. The van der Waals surface area contributed by atoms with Gasteiger partial charge >= 0.3 is 0 Å². The van der Waals surface area contributed by atoms with E-state index in [1.54, 1.807) is 6.92 Å². The number of nitrogens with zero attached hydrogens (tertiary/aromatic N) is 1. The molecule has 0 aromatic heterocycles. The Bertz CT molecular complexity index is 549. The van der Waals surface area contributed by atoms with Crippen molar-refractivity contribution in [3.8, 4) is 11.5 Å². The van der Waals surface area contributed by atoms with E-state index in [0.717, 1.165) is 0 Å². The Hall–Kier alpha value is -0.980. The fourth-order valence-electron chi connectivity index (χ4n) is 2.05. The molecule has 0 radical (unpaired) electrons. The Kier molecular flexibility index (Phi) is 5.12. The number of benzene rings is 1. The first-order valence-corrected chi connectivity index (χ1v) is 8.63. The van der Waals surface area contributed by atoms with Crippen molar-refractivity contribution < 1.29 is 17.9 Å². The minimum atomic E-state index is -3.33. The van der Waals surface area contributed by atoms with Gasteiger partial charge in [0.15, 0.2) is 11.5 Å². The molecule has 5 nitrogen and oxygen atoms in total. The molecule has 0 bridgehead atoms. The van der Waals surface area contributed by atoms with Gasteiger partial charge < -0.3 is 9.47 Å². The molecule has 1 unspecified atom stereocenters. The predicted molar refractivity (Wildman–Crippen MR) is 78.1 cm³/mol. The number of ether oxygens (including phenoxy) is 2. The zero-order valence-electron chi connectivity index (χ0n) is 11.3. The lowest BCUT2D eigenvalue weighted by molar-refractivity contribution is 0.0772. The SMILES string of the molecule is CCN(CC1COc2ccccc2O1)S(=O)(=O)CCCl. The van der Waals surface area contributed by atoms with Crippen LogP contribution in [0.3, 0.4) is 0 Å². The summed E-state index contributed by atoms with van der Waals surface area (Å²) in [5.74, 6) is 1.36. The van der Waals surface area contributed by atoms with Gasteiger partial charge in [-0.25, -0.2) is 8.42 Å². The lowest BCUT2D eigenvalue weighted by Crippen LogP contribution is -2.44. The molecule has 2 rings (SSSR count). The van der Waals surface area contributed by atoms with Gasteiger partial charge in [0.1, 0.15) is 12.7 Å². The summed E-state index contributed by atoms with van der Waals surface area (Å²) in [6.45, 7) is 2.79. The third kappa shape index (κ3) is 3.56. The van der Waals surface area contributed by atoms with Gasteiger partial charge in [0.05, 0.1) is 12.3 Å². The van der Waals surface area contributed by atoms with Gasteiger partial charge in [-0.15, -0.1) is 11.6 Å². The van der Waals surface area contributed by atoms with Gasteiger partial charge in [0.25, 0.3) is 0 Å². The molecule has 20 heavy (non-hydrogen) atoms. The highest BCUT2D eigenvalue weighted by Crippen LogP contribution is 2.31. The molecule has 0 aliphatic carbocycles. The van der Waals surface area contributed by atoms with Crippen LogP contribution in [0.1, 0.15) is 6.92 Å². The van der Waals surface area contributed by atoms with Crippen LogP contribution in [0, 0.1) is 0 Å². The quantitative estimate of drug-likeness (QED) is 0.749. The molecule has 0 fully saturated rings. The summed E-state index contributed by atoms with van der Waals surface area (Å²) in [6, 6.07) is 7.36. The molecular weight excluding hydrogens is 302 g/mol. The molecule has 1 aromatic carbocycles. The van der Waals surface area contributed by atoms with Crippen LogP contribution >= 0.6 is 11.6 Å². The molecule has 1 aromatic rings. The smallest absolute Gasteiger partial charge is 0.215 e. The van der Waals surface area contributed by atoms with Crippen molar-refractivity contribution in [2.24, 2.45) is 0 Å². The van der Waals surface area contributed by atoms with Crippen LogP contribution in [0.15, 0.2) is 24.3 Å². The van der Waals surface area contributed by atoms with Crippen LogP contribution < -0.4 is 9.47 Å². The Morgan fingerprint density at radius 2 is 2.05 bits per heavy atom. The molecule has 0 spiro atoms. The van der Waals surface area contributed by atoms with E-state index in [9.17, 15) is 8.42 Å². The highest BCUT2D eigenvalue weighted by molar-refractivity contribution is 7.89. The maximum Gasteiger partial charge on any atom is 0.215 e. The Morgan fingerprint density at radius 1 is 1.35 bits per heavy atom. The fourth-order valence-corrected chi connectivity index (χ4v) is 3.87. The standard InChI is InChI=1S/C13H18ClNO4S/c1-2-15(20(16,17)8-7-14)9-11-10-18-12-5-3-4-6-13(12)19-11/h3-6,11H,2,7-10H2,1H3. The van der Waals surface area contributed by atoms with E-state index in [4.69, 9.17) is 21.1 Å². The number of halogens is 1. The second-order valence-corrected chi connectivity index (χ2v) is 6.92. The van der Waals surface area contributed by atoms with Crippen molar-refractivity contribution in [3.05, 3.63) is 24.3 Å². The van der Waals surface area contributed by atoms with Crippen LogP contribution in [-0.4, -0.2) is 50.2 Å². The lowest BCUT2D eigenvalue weighted by atomic mass is 10.2. The molecule has 0 amide bonds. The normalized spacial score (nSPS) is 18.2. The Morgan fingerprint density at radius 3 is 2.70 bits per heavy atom. The lowest BCUT2D eigenvalue weighted by Gasteiger charge is -2.30. The van der Waals surface area contributed by atoms with E-state index >= 15 is 0 Å². The van der Waals surface area contributed by atoms with E-state index in [1.165, 1.54) is 4.31 Å². The first-order chi connectivity index (χ1) is 9.56. The van der Waals surface area contributed by atoms with E-state index < -0.39 is 10.0 Å². The largest absolute Gasteiger partial charge is 0.486 e. The molecule has 1 aliphatic heterocycles. The maximum absolute atomic E-state index is 12.0. The zero-order chi connectivity index (χ0) is 14.6. The van der Waals surface area contributed by atoms with Crippen molar-refractivity contribution in [3.63, 3.8) is 0 Å². The summed E-state index contributed by atoms with van der Waals surface area (Å²) >= 11 is 5.54. The number of hydrogen-bond donors (Lipinski definition) is 0. The summed E-state index contributed by atoms with van der Waals surface area (Å²) in [5, 5.41) is 0. The van der Waals surface area contributed by atoms with Gasteiger partial charge in [0.2, 0.25) is 10.0 Å². The van der Waals surface area contributed by atoms with Crippen molar-refractivity contribution in [1.82, 2.24) is 4.31 Å². The minimum Gasteiger partial charge on any atom is -0.486 e. The van der Waals surface area contributed by atoms with Crippen LogP contribution in [0.5, 0.6) is 11.5 Å². The van der Waals surface area contributed by atoms with Gasteiger partial charge in [-0.05, 0) is 12.1 Å². The summed E-state index contributed by atoms with van der Waals surface area (Å²) in [5.41, 5.74) is 0. The number of alkyl halides is 1.